The highest BCUT2D eigenvalue weighted by Gasteiger charge is 2.52. The highest BCUT2D eigenvalue weighted by Crippen LogP contribution is 2.37. The quantitative estimate of drug-likeness (QED) is 0.735. The summed E-state index contributed by atoms with van der Waals surface area (Å²) in [5.74, 6) is 1.19. The fourth-order valence-corrected chi connectivity index (χ4v) is 4.33. The average Bonchev–Trinajstić information content (AvgIpc) is 2.78. The SMILES string of the molecule is Cc1ccc(N2C[C@@](O)(c3ccc(Cl)c(Cl)c3)[N+]3=C2CCCCC3)cc1. The first-order valence-electron chi connectivity index (χ1n) is 9.14. The van der Waals surface area contributed by atoms with Crippen molar-refractivity contribution in [1.29, 1.82) is 0 Å². The zero-order valence-electron chi connectivity index (χ0n) is 14.9. The van der Waals surface area contributed by atoms with Gasteiger partial charge in [-0.3, -0.25) is 0 Å². The lowest BCUT2D eigenvalue weighted by Crippen LogP contribution is -2.41. The summed E-state index contributed by atoms with van der Waals surface area (Å²) in [7, 11) is 0. The van der Waals surface area contributed by atoms with E-state index in [0.717, 1.165) is 37.1 Å². The molecule has 0 saturated carbocycles. The maximum absolute atomic E-state index is 11.7. The monoisotopic (exact) mass is 389 g/mol. The standard InChI is InChI=1S/C21H23Cl2N2O/c1-15-6-9-17(10-7-15)24-14-21(26,16-8-11-18(22)19(23)13-16)25-12-4-2-3-5-20(24)25/h6-11,13,26H,2-5,12,14H2,1H3/q+1/t21-/m1/s1. The third kappa shape index (κ3) is 3.02. The number of benzene rings is 2. The summed E-state index contributed by atoms with van der Waals surface area (Å²) >= 11 is 12.3. The second-order valence-corrected chi connectivity index (χ2v) is 8.06. The van der Waals surface area contributed by atoms with Gasteiger partial charge in [-0.1, -0.05) is 47.0 Å². The summed E-state index contributed by atoms with van der Waals surface area (Å²) in [5.41, 5.74) is 2.04. The topological polar surface area (TPSA) is 26.5 Å². The zero-order valence-corrected chi connectivity index (χ0v) is 16.4. The van der Waals surface area contributed by atoms with Crippen LogP contribution in [0.1, 0.15) is 36.8 Å². The van der Waals surface area contributed by atoms with E-state index >= 15 is 0 Å². The van der Waals surface area contributed by atoms with E-state index in [2.05, 4.69) is 40.7 Å². The van der Waals surface area contributed by atoms with Crippen molar-refractivity contribution < 1.29 is 9.68 Å². The molecule has 4 rings (SSSR count). The van der Waals surface area contributed by atoms with Crippen molar-refractivity contribution in [2.75, 3.05) is 18.0 Å². The first-order chi connectivity index (χ1) is 12.5. The Morgan fingerprint density at radius 2 is 1.77 bits per heavy atom. The van der Waals surface area contributed by atoms with E-state index < -0.39 is 5.72 Å². The molecule has 3 nitrogen and oxygen atoms in total. The van der Waals surface area contributed by atoms with Gasteiger partial charge in [0.15, 0.2) is 6.54 Å². The van der Waals surface area contributed by atoms with Crippen LogP contribution in [-0.4, -0.2) is 28.6 Å². The molecule has 1 N–H and O–H groups in total. The minimum atomic E-state index is -1.10. The smallest absolute Gasteiger partial charge is 0.271 e. The second-order valence-electron chi connectivity index (χ2n) is 7.25. The van der Waals surface area contributed by atoms with Gasteiger partial charge in [-0.05, 0) is 50.5 Å². The van der Waals surface area contributed by atoms with E-state index in [1.54, 1.807) is 12.1 Å². The lowest BCUT2D eigenvalue weighted by molar-refractivity contribution is -0.658. The van der Waals surface area contributed by atoms with Crippen LogP contribution in [0.3, 0.4) is 0 Å². The van der Waals surface area contributed by atoms with Crippen molar-refractivity contribution >= 4 is 34.7 Å². The first-order valence-corrected chi connectivity index (χ1v) is 9.90. The van der Waals surface area contributed by atoms with Gasteiger partial charge in [-0.25, -0.2) is 9.48 Å². The molecule has 0 radical (unpaired) electrons. The summed E-state index contributed by atoms with van der Waals surface area (Å²) in [5, 5.41) is 12.7. The van der Waals surface area contributed by atoms with Gasteiger partial charge in [0.25, 0.3) is 11.6 Å². The van der Waals surface area contributed by atoms with E-state index in [0.29, 0.717) is 16.6 Å². The Kier molecular flexibility index (Phi) is 4.72. The molecule has 0 fully saturated rings. The average molecular weight is 390 g/mol. The maximum Gasteiger partial charge on any atom is 0.271 e. The molecule has 5 heteroatoms. The van der Waals surface area contributed by atoms with Crippen LogP contribution < -0.4 is 4.90 Å². The van der Waals surface area contributed by atoms with Crippen molar-refractivity contribution in [3.63, 3.8) is 0 Å². The van der Waals surface area contributed by atoms with Crippen molar-refractivity contribution in [2.45, 2.75) is 38.3 Å². The van der Waals surface area contributed by atoms with Gasteiger partial charge >= 0.3 is 0 Å². The molecule has 0 unspecified atom stereocenters. The molecule has 0 spiro atoms. The number of halogens is 2. The maximum atomic E-state index is 11.7. The summed E-state index contributed by atoms with van der Waals surface area (Å²) in [6, 6.07) is 13.9. The molecule has 0 aliphatic carbocycles. The predicted octanol–water partition coefficient (Wildman–Crippen LogP) is 4.95. The fraction of sp³-hybridized carbons (Fsp3) is 0.381. The van der Waals surface area contributed by atoms with Crippen LogP contribution in [0.4, 0.5) is 5.69 Å². The Morgan fingerprint density at radius 3 is 2.50 bits per heavy atom. The van der Waals surface area contributed by atoms with Gasteiger partial charge in [0.05, 0.1) is 16.6 Å². The summed E-state index contributed by atoms with van der Waals surface area (Å²) in [6.45, 7) is 3.42. The number of hydrogen-bond acceptors (Lipinski definition) is 2. The van der Waals surface area contributed by atoms with Gasteiger partial charge < -0.3 is 5.11 Å². The Bertz CT molecular complexity index is 863. The fourth-order valence-electron chi connectivity index (χ4n) is 4.03. The van der Waals surface area contributed by atoms with Crippen LogP contribution in [0, 0.1) is 6.92 Å². The minimum absolute atomic E-state index is 0.475. The molecule has 26 heavy (non-hydrogen) atoms. The molecule has 0 aromatic heterocycles. The first kappa shape index (κ1) is 17.8. The van der Waals surface area contributed by atoms with E-state index in [9.17, 15) is 5.11 Å². The molecule has 0 saturated heterocycles. The lowest BCUT2D eigenvalue weighted by atomic mass is 10.0. The highest BCUT2D eigenvalue weighted by molar-refractivity contribution is 6.42. The van der Waals surface area contributed by atoms with Gasteiger partial charge in [0.2, 0.25) is 0 Å². The summed E-state index contributed by atoms with van der Waals surface area (Å²) < 4.78 is 2.17. The summed E-state index contributed by atoms with van der Waals surface area (Å²) in [4.78, 5) is 2.26. The second kappa shape index (κ2) is 6.88. The van der Waals surface area contributed by atoms with E-state index in [-0.39, 0.29) is 0 Å². The molecule has 0 amide bonds. The molecular formula is C21H23Cl2N2O+. The Morgan fingerprint density at radius 1 is 1.00 bits per heavy atom. The molecule has 2 heterocycles. The molecule has 136 valence electrons. The molecule has 2 aliphatic rings. The van der Waals surface area contributed by atoms with Crippen molar-refractivity contribution in [3.05, 3.63) is 63.6 Å². The third-order valence-electron chi connectivity index (χ3n) is 5.46. The molecular weight excluding hydrogens is 367 g/mol. The Balaban J connectivity index is 1.81. The number of hydrogen-bond donors (Lipinski definition) is 1. The summed E-state index contributed by atoms with van der Waals surface area (Å²) in [6.07, 6.45) is 4.37. The number of rotatable bonds is 2. The molecule has 0 bridgehead atoms. The van der Waals surface area contributed by atoms with Gasteiger partial charge in [0.1, 0.15) is 5.69 Å². The zero-order chi connectivity index (χ0) is 18.3. The minimum Gasteiger partial charge on any atom is -0.346 e. The van der Waals surface area contributed by atoms with Gasteiger partial charge in [-0.15, -0.1) is 0 Å². The van der Waals surface area contributed by atoms with Crippen molar-refractivity contribution in [3.8, 4) is 0 Å². The highest BCUT2D eigenvalue weighted by atomic mass is 35.5. The van der Waals surface area contributed by atoms with Crippen LogP contribution in [0.25, 0.3) is 0 Å². The number of nitrogens with zero attached hydrogens (tertiary/aromatic N) is 2. The van der Waals surface area contributed by atoms with E-state index in [1.807, 2.05) is 6.07 Å². The normalized spacial score (nSPS) is 23.2. The van der Waals surface area contributed by atoms with Crippen molar-refractivity contribution in [2.24, 2.45) is 0 Å². The number of aryl methyl sites for hydroxylation is 1. The van der Waals surface area contributed by atoms with Crippen molar-refractivity contribution in [1.82, 2.24) is 0 Å². The van der Waals surface area contributed by atoms with Gasteiger partial charge in [-0.2, -0.15) is 0 Å². The molecule has 2 aliphatic heterocycles. The largest absolute Gasteiger partial charge is 0.346 e. The number of amidine groups is 1. The van der Waals surface area contributed by atoms with Crippen LogP contribution in [0.2, 0.25) is 10.0 Å². The van der Waals surface area contributed by atoms with Crippen LogP contribution >= 0.6 is 23.2 Å². The van der Waals surface area contributed by atoms with Crippen LogP contribution in [0.5, 0.6) is 0 Å². The Labute approximate surface area is 164 Å². The number of β-amino-alcohol motifs (C(OH)–C–C–N with tert-alkyl or cyclic N) is 1. The van der Waals surface area contributed by atoms with E-state index in [1.165, 1.54) is 17.8 Å². The predicted molar refractivity (Wildman–Crippen MR) is 107 cm³/mol. The van der Waals surface area contributed by atoms with Crippen LogP contribution in [-0.2, 0) is 5.72 Å². The molecule has 1 atom stereocenters. The number of anilines is 1. The Hall–Kier alpha value is -1.55. The third-order valence-corrected chi connectivity index (χ3v) is 6.20. The number of aliphatic hydroxyl groups is 1. The molecule has 2 aromatic carbocycles. The molecule has 2 aromatic rings. The van der Waals surface area contributed by atoms with Gasteiger partial charge in [0, 0.05) is 12.0 Å². The van der Waals surface area contributed by atoms with Crippen LogP contribution in [0.15, 0.2) is 42.5 Å². The lowest BCUT2D eigenvalue weighted by Gasteiger charge is -2.24. The van der Waals surface area contributed by atoms with E-state index in [4.69, 9.17) is 23.2 Å².